The summed E-state index contributed by atoms with van der Waals surface area (Å²) in [5.74, 6) is -0.00641. The van der Waals surface area contributed by atoms with Gasteiger partial charge in [-0.25, -0.2) is 0 Å². The molecule has 1 amide bonds. The van der Waals surface area contributed by atoms with E-state index in [1.807, 2.05) is 24.3 Å². The third kappa shape index (κ3) is 2.81. The van der Waals surface area contributed by atoms with E-state index in [9.17, 15) is 4.79 Å². The Morgan fingerprint density at radius 3 is 2.43 bits per heavy atom. The molecule has 0 aromatic heterocycles. The molecule has 0 bridgehead atoms. The summed E-state index contributed by atoms with van der Waals surface area (Å²) in [5, 5.41) is 2.56. The SMILES string of the molecule is CNC(=O)Cc1ccc(C(N)=S)cc1. The quantitative estimate of drug-likeness (QED) is 0.716. The first-order chi connectivity index (χ1) is 6.63. The summed E-state index contributed by atoms with van der Waals surface area (Å²) in [6.45, 7) is 0. The summed E-state index contributed by atoms with van der Waals surface area (Å²) in [6, 6.07) is 7.34. The number of benzene rings is 1. The molecular weight excluding hydrogens is 196 g/mol. The Bertz CT molecular complexity index is 346. The van der Waals surface area contributed by atoms with Gasteiger partial charge in [-0.2, -0.15) is 0 Å². The van der Waals surface area contributed by atoms with E-state index in [2.05, 4.69) is 5.32 Å². The van der Waals surface area contributed by atoms with Gasteiger partial charge in [-0.3, -0.25) is 4.79 Å². The Hall–Kier alpha value is -1.42. The molecule has 0 saturated heterocycles. The number of amides is 1. The molecule has 0 aliphatic rings. The highest BCUT2D eigenvalue weighted by molar-refractivity contribution is 7.80. The van der Waals surface area contributed by atoms with Gasteiger partial charge in [0.25, 0.3) is 0 Å². The molecule has 0 saturated carbocycles. The highest BCUT2D eigenvalue weighted by atomic mass is 32.1. The number of hydrogen-bond donors (Lipinski definition) is 2. The van der Waals surface area contributed by atoms with Crippen LogP contribution in [0.5, 0.6) is 0 Å². The molecule has 3 N–H and O–H groups in total. The predicted molar refractivity (Wildman–Crippen MR) is 60.1 cm³/mol. The lowest BCUT2D eigenvalue weighted by molar-refractivity contribution is -0.119. The molecule has 0 spiro atoms. The van der Waals surface area contributed by atoms with Crippen LogP contribution in [0.25, 0.3) is 0 Å². The fourth-order valence-corrected chi connectivity index (χ4v) is 1.20. The Morgan fingerprint density at radius 1 is 1.43 bits per heavy atom. The number of carbonyl (C=O) groups is 1. The van der Waals surface area contributed by atoms with Crippen molar-refractivity contribution in [2.45, 2.75) is 6.42 Å². The molecule has 0 aliphatic carbocycles. The van der Waals surface area contributed by atoms with Gasteiger partial charge >= 0.3 is 0 Å². The molecule has 1 aromatic rings. The van der Waals surface area contributed by atoms with Gasteiger partial charge in [0.1, 0.15) is 4.99 Å². The average Bonchev–Trinajstić information content (AvgIpc) is 2.18. The van der Waals surface area contributed by atoms with E-state index >= 15 is 0 Å². The van der Waals surface area contributed by atoms with E-state index in [0.717, 1.165) is 11.1 Å². The summed E-state index contributed by atoms with van der Waals surface area (Å²) in [4.78, 5) is 11.4. The minimum atomic E-state index is -0.00641. The van der Waals surface area contributed by atoms with E-state index in [-0.39, 0.29) is 5.91 Å². The molecule has 1 aromatic carbocycles. The van der Waals surface area contributed by atoms with Gasteiger partial charge < -0.3 is 11.1 Å². The van der Waals surface area contributed by atoms with Crippen molar-refractivity contribution in [3.05, 3.63) is 35.4 Å². The van der Waals surface area contributed by atoms with Gasteiger partial charge in [-0.1, -0.05) is 36.5 Å². The standard InChI is InChI=1S/C10H12N2OS/c1-12-9(13)6-7-2-4-8(5-3-7)10(11)14/h2-5H,6H2,1H3,(H2,11,14)(H,12,13). The van der Waals surface area contributed by atoms with Crippen LogP contribution in [0.2, 0.25) is 0 Å². The van der Waals surface area contributed by atoms with Crippen molar-refractivity contribution >= 4 is 23.1 Å². The molecule has 0 radical (unpaired) electrons. The van der Waals surface area contributed by atoms with Crippen LogP contribution in [-0.4, -0.2) is 17.9 Å². The second-order valence-corrected chi connectivity index (χ2v) is 3.35. The van der Waals surface area contributed by atoms with Gasteiger partial charge in [-0.15, -0.1) is 0 Å². The van der Waals surface area contributed by atoms with E-state index in [1.54, 1.807) is 7.05 Å². The average molecular weight is 208 g/mol. The molecule has 0 fully saturated rings. The minimum absolute atomic E-state index is 0.00641. The number of likely N-dealkylation sites (N-methyl/N-ethyl adjacent to an activating group) is 1. The van der Waals surface area contributed by atoms with Crippen LogP contribution >= 0.6 is 12.2 Å². The maximum atomic E-state index is 11.0. The number of rotatable bonds is 3. The smallest absolute Gasteiger partial charge is 0.224 e. The minimum Gasteiger partial charge on any atom is -0.389 e. The summed E-state index contributed by atoms with van der Waals surface area (Å²) in [6.07, 6.45) is 0.383. The molecular formula is C10H12N2OS. The van der Waals surface area contributed by atoms with Gasteiger partial charge in [0.05, 0.1) is 6.42 Å². The molecule has 74 valence electrons. The van der Waals surface area contributed by atoms with E-state index in [1.165, 1.54) is 0 Å². The van der Waals surface area contributed by atoms with Crippen LogP contribution in [-0.2, 0) is 11.2 Å². The molecule has 0 heterocycles. The molecule has 0 unspecified atom stereocenters. The van der Waals surface area contributed by atoms with Crippen LogP contribution in [0.4, 0.5) is 0 Å². The number of hydrogen-bond acceptors (Lipinski definition) is 2. The molecule has 4 heteroatoms. The van der Waals surface area contributed by atoms with Crippen LogP contribution in [0.3, 0.4) is 0 Å². The van der Waals surface area contributed by atoms with Crippen LogP contribution in [0.1, 0.15) is 11.1 Å². The van der Waals surface area contributed by atoms with E-state index in [0.29, 0.717) is 11.4 Å². The van der Waals surface area contributed by atoms with Crippen molar-refractivity contribution in [3.63, 3.8) is 0 Å². The fourth-order valence-electron chi connectivity index (χ4n) is 1.06. The topological polar surface area (TPSA) is 55.1 Å². The summed E-state index contributed by atoms with van der Waals surface area (Å²) < 4.78 is 0. The van der Waals surface area contributed by atoms with Crippen LogP contribution < -0.4 is 11.1 Å². The number of nitrogens with one attached hydrogen (secondary N) is 1. The molecule has 0 aliphatic heterocycles. The maximum Gasteiger partial charge on any atom is 0.224 e. The summed E-state index contributed by atoms with van der Waals surface area (Å²) in [7, 11) is 1.62. The Labute approximate surface area is 88.3 Å². The zero-order chi connectivity index (χ0) is 10.6. The van der Waals surface area contributed by atoms with Gasteiger partial charge in [0.15, 0.2) is 0 Å². The highest BCUT2D eigenvalue weighted by Gasteiger charge is 2.01. The van der Waals surface area contributed by atoms with E-state index in [4.69, 9.17) is 18.0 Å². The van der Waals surface area contributed by atoms with Crippen molar-refractivity contribution in [2.75, 3.05) is 7.05 Å². The lowest BCUT2D eigenvalue weighted by Gasteiger charge is -2.02. The predicted octanol–water partition coefficient (Wildman–Crippen LogP) is 0.609. The monoisotopic (exact) mass is 208 g/mol. The largest absolute Gasteiger partial charge is 0.389 e. The highest BCUT2D eigenvalue weighted by Crippen LogP contribution is 2.04. The second-order valence-electron chi connectivity index (χ2n) is 2.91. The first-order valence-corrected chi connectivity index (χ1v) is 4.63. The van der Waals surface area contributed by atoms with Crippen molar-refractivity contribution in [3.8, 4) is 0 Å². The third-order valence-corrected chi connectivity index (χ3v) is 2.12. The third-order valence-electron chi connectivity index (χ3n) is 1.88. The lowest BCUT2D eigenvalue weighted by atomic mass is 10.1. The number of carbonyl (C=O) groups excluding carboxylic acids is 1. The zero-order valence-electron chi connectivity index (χ0n) is 7.91. The van der Waals surface area contributed by atoms with Gasteiger partial charge in [0.2, 0.25) is 5.91 Å². The molecule has 3 nitrogen and oxygen atoms in total. The van der Waals surface area contributed by atoms with E-state index < -0.39 is 0 Å². The van der Waals surface area contributed by atoms with Gasteiger partial charge in [0, 0.05) is 12.6 Å². The summed E-state index contributed by atoms with van der Waals surface area (Å²) >= 11 is 4.81. The molecule has 0 atom stereocenters. The first kappa shape index (κ1) is 10.7. The Morgan fingerprint density at radius 2 is 2.00 bits per heavy atom. The summed E-state index contributed by atoms with van der Waals surface area (Å²) in [5.41, 5.74) is 7.21. The van der Waals surface area contributed by atoms with Gasteiger partial charge in [-0.05, 0) is 5.56 Å². The maximum absolute atomic E-state index is 11.0. The normalized spacial score (nSPS) is 9.50. The number of nitrogens with two attached hydrogens (primary N) is 1. The van der Waals surface area contributed by atoms with Crippen LogP contribution in [0, 0.1) is 0 Å². The van der Waals surface area contributed by atoms with Crippen molar-refractivity contribution < 1.29 is 4.79 Å². The first-order valence-electron chi connectivity index (χ1n) is 4.23. The molecule has 1 rings (SSSR count). The number of thiocarbonyl (C=S) groups is 1. The van der Waals surface area contributed by atoms with Crippen molar-refractivity contribution in [2.24, 2.45) is 5.73 Å². The van der Waals surface area contributed by atoms with Crippen molar-refractivity contribution in [1.29, 1.82) is 0 Å². The van der Waals surface area contributed by atoms with Crippen LogP contribution in [0.15, 0.2) is 24.3 Å². The zero-order valence-corrected chi connectivity index (χ0v) is 8.73. The Kier molecular flexibility index (Phi) is 3.59. The molecule has 14 heavy (non-hydrogen) atoms. The van der Waals surface area contributed by atoms with Crippen molar-refractivity contribution in [1.82, 2.24) is 5.32 Å². The fraction of sp³-hybridized carbons (Fsp3) is 0.200. The Balaban J connectivity index is 2.73. The lowest BCUT2D eigenvalue weighted by Crippen LogP contribution is -2.20. The second kappa shape index (κ2) is 4.72.